The highest BCUT2D eigenvalue weighted by molar-refractivity contribution is 9.10. The molecule has 2 aromatic heterocycles. The van der Waals surface area contributed by atoms with Crippen LogP contribution in [-0.2, 0) is 4.74 Å². The van der Waals surface area contributed by atoms with Crippen LogP contribution in [0.15, 0.2) is 41.1 Å². The number of fused-ring (bicyclic) bond motifs is 1. The summed E-state index contributed by atoms with van der Waals surface area (Å²) in [7, 11) is 0. The Bertz CT molecular complexity index is 882. The quantitative estimate of drug-likeness (QED) is 0.687. The van der Waals surface area contributed by atoms with Crippen LogP contribution in [0.3, 0.4) is 0 Å². The number of nitrogens with zero attached hydrogens (tertiary/aromatic N) is 5. The number of rotatable bonds is 5. The van der Waals surface area contributed by atoms with E-state index in [1.54, 1.807) is 12.4 Å². The number of hydrogen-bond acceptors (Lipinski definition) is 7. The van der Waals surface area contributed by atoms with E-state index >= 15 is 0 Å². The second-order valence-electron chi connectivity index (χ2n) is 6.01. The van der Waals surface area contributed by atoms with E-state index in [0.717, 1.165) is 49.4 Å². The lowest BCUT2D eigenvalue weighted by molar-refractivity contribution is 0.0398. The maximum Gasteiger partial charge on any atom is 0.184 e. The van der Waals surface area contributed by atoms with Gasteiger partial charge in [0.05, 0.1) is 13.2 Å². The van der Waals surface area contributed by atoms with Gasteiger partial charge < -0.3 is 10.1 Å². The van der Waals surface area contributed by atoms with Crippen LogP contribution >= 0.6 is 15.9 Å². The van der Waals surface area contributed by atoms with Gasteiger partial charge in [0.1, 0.15) is 5.52 Å². The summed E-state index contributed by atoms with van der Waals surface area (Å²) in [5.41, 5.74) is 2.22. The molecule has 0 spiro atoms. The predicted molar refractivity (Wildman–Crippen MR) is 104 cm³/mol. The van der Waals surface area contributed by atoms with Crippen LogP contribution in [-0.4, -0.2) is 64.2 Å². The Balaban J connectivity index is 1.58. The zero-order valence-corrected chi connectivity index (χ0v) is 15.8. The Morgan fingerprint density at radius 1 is 1.04 bits per heavy atom. The summed E-state index contributed by atoms with van der Waals surface area (Å²) in [5, 5.41) is 3.41. The van der Waals surface area contributed by atoms with Gasteiger partial charge in [0.2, 0.25) is 0 Å². The molecule has 0 aliphatic carbocycles. The smallest absolute Gasteiger partial charge is 0.184 e. The van der Waals surface area contributed by atoms with Gasteiger partial charge in [-0.2, -0.15) is 0 Å². The van der Waals surface area contributed by atoms with E-state index in [9.17, 15) is 0 Å². The molecule has 4 rings (SSSR count). The van der Waals surface area contributed by atoms with Crippen LogP contribution in [0, 0.1) is 0 Å². The van der Waals surface area contributed by atoms with Crippen molar-refractivity contribution >= 4 is 32.9 Å². The number of halogens is 1. The van der Waals surface area contributed by atoms with Crippen molar-refractivity contribution in [2.75, 3.05) is 44.7 Å². The molecule has 7 nitrogen and oxygen atoms in total. The number of anilines is 1. The zero-order chi connectivity index (χ0) is 17.8. The number of nitrogens with one attached hydrogen (secondary N) is 1. The standard InChI is InChI=1S/C18H19BrN6O/c19-14-3-1-13(2-4-14)16-23-17-15(20-5-6-21-17)18(24-16)22-7-8-25-9-11-26-12-10-25/h1-6H,7-12H2,(H,21,22,23,24). The lowest BCUT2D eigenvalue weighted by atomic mass is 10.2. The first-order chi connectivity index (χ1) is 12.8. The first kappa shape index (κ1) is 17.3. The summed E-state index contributed by atoms with van der Waals surface area (Å²) in [4.78, 5) is 20.4. The van der Waals surface area contributed by atoms with Crippen LogP contribution in [0.5, 0.6) is 0 Å². The molecule has 1 saturated heterocycles. The fraction of sp³-hybridized carbons (Fsp3) is 0.333. The zero-order valence-electron chi connectivity index (χ0n) is 14.2. The predicted octanol–water partition coefficient (Wildman–Crippen LogP) is 2.59. The van der Waals surface area contributed by atoms with Crippen LogP contribution < -0.4 is 5.32 Å². The minimum absolute atomic E-state index is 0.592. The molecule has 0 atom stereocenters. The van der Waals surface area contributed by atoms with Crippen molar-refractivity contribution in [1.29, 1.82) is 0 Å². The molecule has 1 aromatic carbocycles. The fourth-order valence-corrected chi connectivity index (χ4v) is 3.14. The monoisotopic (exact) mass is 414 g/mol. The van der Waals surface area contributed by atoms with Crippen molar-refractivity contribution in [3.05, 3.63) is 41.1 Å². The average molecular weight is 415 g/mol. The summed E-state index contributed by atoms with van der Waals surface area (Å²) in [5.74, 6) is 1.36. The van der Waals surface area contributed by atoms with Crippen LogP contribution in [0.4, 0.5) is 5.82 Å². The number of morpholine rings is 1. The molecule has 26 heavy (non-hydrogen) atoms. The van der Waals surface area contributed by atoms with Crippen molar-refractivity contribution in [2.45, 2.75) is 0 Å². The van der Waals surface area contributed by atoms with Gasteiger partial charge in [-0.25, -0.2) is 19.9 Å². The minimum atomic E-state index is 0.592. The molecule has 3 aromatic rings. The van der Waals surface area contributed by atoms with Crippen molar-refractivity contribution in [1.82, 2.24) is 24.8 Å². The van der Waals surface area contributed by atoms with Gasteiger partial charge in [-0.3, -0.25) is 4.90 Å². The Hall–Kier alpha value is -2.16. The molecule has 0 amide bonds. The molecule has 1 aliphatic rings. The van der Waals surface area contributed by atoms with E-state index in [4.69, 9.17) is 9.72 Å². The SMILES string of the molecule is Brc1ccc(-c2nc(NCCN3CCOCC3)c3nccnc3n2)cc1. The minimum Gasteiger partial charge on any atom is -0.379 e. The molecule has 8 heteroatoms. The van der Waals surface area contributed by atoms with Gasteiger partial charge in [-0.05, 0) is 12.1 Å². The molecule has 0 saturated carbocycles. The number of ether oxygens (including phenoxy) is 1. The Kier molecular flexibility index (Phi) is 5.33. The number of aromatic nitrogens is 4. The summed E-state index contributed by atoms with van der Waals surface area (Å²) >= 11 is 3.46. The summed E-state index contributed by atoms with van der Waals surface area (Å²) in [6.45, 7) is 5.25. The van der Waals surface area contributed by atoms with E-state index in [-0.39, 0.29) is 0 Å². The first-order valence-corrected chi connectivity index (χ1v) is 9.37. The van der Waals surface area contributed by atoms with Gasteiger partial charge in [0, 0.05) is 48.6 Å². The fourth-order valence-electron chi connectivity index (χ4n) is 2.87. The Labute approximate surface area is 160 Å². The summed E-state index contributed by atoms with van der Waals surface area (Å²) < 4.78 is 6.41. The van der Waals surface area contributed by atoms with E-state index in [1.165, 1.54) is 0 Å². The molecular formula is C18H19BrN6O. The van der Waals surface area contributed by atoms with Gasteiger partial charge in [-0.15, -0.1) is 0 Å². The van der Waals surface area contributed by atoms with Crippen molar-refractivity contribution in [3.63, 3.8) is 0 Å². The molecule has 0 radical (unpaired) electrons. The largest absolute Gasteiger partial charge is 0.379 e. The number of benzene rings is 1. The summed E-state index contributed by atoms with van der Waals surface area (Å²) in [6.07, 6.45) is 3.32. The Morgan fingerprint density at radius 3 is 2.62 bits per heavy atom. The average Bonchev–Trinajstić information content (AvgIpc) is 2.69. The molecule has 1 aliphatic heterocycles. The van der Waals surface area contributed by atoms with E-state index in [1.807, 2.05) is 24.3 Å². The molecule has 134 valence electrons. The van der Waals surface area contributed by atoms with Crippen LogP contribution in [0.25, 0.3) is 22.6 Å². The molecule has 1 N–H and O–H groups in total. The molecule has 1 fully saturated rings. The molecule has 3 heterocycles. The van der Waals surface area contributed by atoms with Gasteiger partial charge in [0.15, 0.2) is 17.3 Å². The second kappa shape index (κ2) is 8.03. The first-order valence-electron chi connectivity index (χ1n) is 8.58. The van der Waals surface area contributed by atoms with Crippen molar-refractivity contribution in [2.24, 2.45) is 0 Å². The summed E-state index contributed by atoms with van der Waals surface area (Å²) in [6, 6.07) is 7.93. The van der Waals surface area contributed by atoms with Crippen molar-refractivity contribution in [3.8, 4) is 11.4 Å². The number of hydrogen-bond donors (Lipinski definition) is 1. The maximum atomic E-state index is 5.39. The van der Waals surface area contributed by atoms with Crippen LogP contribution in [0.1, 0.15) is 0 Å². The third-order valence-corrected chi connectivity index (χ3v) is 4.79. The molecule has 0 unspecified atom stereocenters. The molecule has 0 bridgehead atoms. The molecular weight excluding hydrogens is 396 g/mol. The van der Waals surface area contributed by atoms with Gasteiger partial charge >= 0.3 is 0 Å². The van der Waals surface area contributed by atoms with Gasteiger partial charge in [0.25, 0.3) is 0 Å². The highest BCUT2D eigenvalue weighted by Crippen LogP contribution is 2.23. The lowest BCUT2D eigenvalue weighted by Crippen LogP contribution is -2.39. The highest BCUT2D eigenvalue weighted by Gasteiger charge is 2.13. The third kappa shape index (κ3) is 3.98. The van der Waals surface area contributed by atoms with E-state index < -0.39 is 0 Å². The van der Waals surface area contributed by atoms with Crippen molar-refractivity contribution < 1.29 is 4.74 Å². The van der Waals surface area contributed by atoms with E-state index in [0.29, 0.717) is 22.8 Å². The van der Waals surface area contributed by atoms with Crippen LogP contribution in [0.2, 0.25) is 0 Å². The maximum absolute atomic E-state index is 5.39. The van der Waals surface area contributed by atoms with E-state index in [2.05, 4.69) is 41.1 Å². The third-order valence-electron chi connectivity index (χ3n) is 4.26. The topological polar surface area (TPSA) is 76.1 Å². The normalized spacial score (nSPS) is 15.3. The highest BCUT2D eigenvalue weighted by atomic mass is 79.9. The Morgan fingerprint density at radius 2 is 1.81 bits per heavy atom. The lowest BCUT2D eigenvalue weighted by Gasteiger charge is -2.26. The second-order valence-corrected chi connectivity index (χ2v) is 6.93. The van der Waals surface area contributed by atoms with Gasteiger partial charge in [-0.1, -0.05) is 28.1 Å².